The summed E-state index contributed by atoms with van der Waals surface area (Å²) in [7, 11) is 2.17. The highest BCUT2D eigenvalue weighted by Gasteiger charge is 2.35. The van der Waals surface area contributed by atoms with Crippen molar-refractivity contribution in [2.75, 3.05) is 59.4 Å². The third-order valence-corrected chi connectivity index (χ3v) is 13.2. The van der Waals surface area contributed by atoms with Crippen LogP contribution >= 0.6 is 0 Å². The zero-order valence-electron chi connectivity index (χ0n) is 35.4. The molecule has 60 heavy (non-hydrogen) atoms. The average molecular weight is 815 g/mol. The maximum Gasteiger partial charge on any atom is 0.318 e. The van der Waals surface area contributed by atoms with Crippen LogP contribution in [0.15, 0.2) is 83.8 Å². The molecule has 0 spiro atoms. The lowest BCUT2D eigenvalue weighted by Crippen LogP contribution is -2.59. The van der Waals surface area contributed by atoms with E-state index in [1.807, 2.05) is 98.5 Å². The number of para-hydroxylation sites is 1. The number of rotatable bonds is 10. The van der Waals surface area contributed by atoms with Crippen LogP contribution in [-0.4, -0.2) is 124 Å². The molecule has 5 heterocycles. The molecule has 5 aromatic rings. The number of urea groups is 1. The van der Waals surface area contributed by atoms with Crippen LogP contribution in [0.4, 0.5) is 4.79 Å². The summed E-state index contributed by atoms with van der Waals surface area (Å²) in [5.74, 6) is -0.386. The predicted octanol–water partition coefficient (Wildman–Crippen LogP) is 5.40. The number of likely N-dealkylation sites (tertiary alicyclic amines) is 2. The van der Waals surface area contributed by atoms with Crippen LogP contribution in [0.3, 0.4) is 0 Å². The summed E-state index contributed by atoms with van der Waals surface area (Å²) in [5.41, 5.74) is 4.20. The predicted molar refractivity (Wildman–Crippen MR) is 233 cm³/mol. The van der Waals surface area contributed by atoms with Crippen LogP contribution in [0.25, 0.3) is 21.8 Å². The quantitative estimate of drug-likeness (QED) is 0.179. The normalized spacial score (nSPS) is 18.2. The number of aryl methyl sites for hydroxylation is 1. The van der Waals surface area contributed by atoms with Gasteiger partial charge in [0.2, 0.25) is 5.91 Å². The summed E-state index contributed by atoms with van der Waals surface area (Å²) in [5, 5.41) is 9.60. The monoisotopic (exact) mass is 814 g/mol. The summed E-state index contributed by atoms with van der Waals surface area (Å²) in [4.78, 5) is 66.4. The molecule has 1 atom stereocenters. The number of fused-ring (bicyclic) bond motifs is 2. The van der Waals surface area contributed by atoms with Gasteiger partial charge in [0.05, 0.1) is 17.1 Å². The van der Waals surface area contributed by atoms with E-state index in [4.69, 9.17) is 4.74 Å². The number of pyridine rings is 1. The van der Waals surface area contributed by atoms with Crippen molar-refractivity contribution in [3.8, 4) is 0 Å². The number of piperidine rings is 2. The Morgan fingerprint density at radius 3 is 2.28 bits per heavy atom. The number of hydrogen-bond donors (Lipinski definition) is 2. The van der Waals surface area contributed by atoms with E-state index in [2.05, 4.69) is 32.2 Å². The number of benzene rings is 3. The molecule has 0 saturated carbocycles. The standard InChI is InChI=1S/C47H58N8O5/c1-32-26-33(27-36-30-48-55(42(32)36)31-60-45(58)47(2,3)37-11-6-5-7-12-37)28-41(44(57)53-24-22-52(23-25-53)38-16-18-51(4)19-17-38)50-46(59)54-20-14-34(15-21-54)39-29-35-10-8-9-13-40(35)49-43(39)56/h5-13,26-27,29-30,34,38,41H,14-25,28,31H2,1-4H3,(H,49,56)(H,50,59). The van der Waals surface area contributed by atoms with Crippen molar-refractivity contribution in [3.05, 3.63) is 112 Å². The molecule has 13 heteroatoms. The van der Waals surface area contributed by atoms with E-state index in [1.165, 1.54) is 0 Å². The Hall–Kier alpha value is -5.53. The highest BCUT2D eigenvalue weighted by atomic mass is 16.5. The lowest BCUT2D eigenvalue weighted by atomic mass is 9.85. The van der Waals surface area contributed by atoms with Gasteiger partial charge in [-0.25, -0.2) is 9.48 Å². The number of amides is 3. The summed E-state index contributed by atoms with van der Waals surface area (Å²) < 4.78 is 7.50. The number of nitrogens with one attached hydrogen (secondary N) is 2. The topological polar surface area (TPSA) is 136 Å². The zero-order chi connectivity index (χ0) is 42.0. The first-order valence-corrected chi connectivity index (χ1v) is 21.5. The van der Waals surface area contributed by atoms with E-state index in [1.54, 1.807) is 15.8 Å². The van der Waals surface area contributed by atoms with Crippen molar-refractivity contribution in [2.24, 2.45) is 0 Å². The first-order valence-electron chi connectivity index (χ1n) is 21.5. The Kier molecular flexibility index (Phi) is 12.1. The number of piperazine rings is 1. The third-order valence-electron chi connectivity index (χ3n) is 13.2. The fourth-order valence-electron chi connectivity index (χ4n) is 9.44. The van der Waals surface area contributed by atoms with Gasteiger partial charge in [0.15, 0.2) is 6.73 Å². The van der Waals surface area contributed by atoms with E-state index in [0.29, 0.717) is 51.5 Å². The average Bonchev–Trinajstić information content (AvgIpc) is 3.68. The van der Waals surface area contributed by atoms with Crippen LogP contribution in [0, 0.1) is 6.92 Å². The first-order chi connectivity index (χ1) is 28.9. The number of hydrogen-bond acceptors (Lipinski definition) is 8. The SMILES string of the molecule is Cc1cc(CC(NC(=O)N2CCC(c3cc4ccccc4[nH]c3=O)CC2)C(=O)N2CCN(C3CCN(C)CC3)CC2)cc2cnn(COC(=O)C(C)(C)c3ccccc3)c12. The van der Waals surface area contributed by atoms with Crippen molar-refractivity contribution >= 4 is 39.7 Å². The molecule has 3 aliphatic heterocycles. The molecule has 3 aliphatic rings. The maximum atomic E-state index is 14.5. The van der Waals surface area contributed by atoms with Gasteiger partial charge in [0, 0.05) is 68.2 Å². The number of carbonyl (C=O) groups excluding carboxylic acids is 3. The fourth-order valence-corrected chi connectivity index (χ4v) is 9.44. The van der Waals surface area contributed by atoms with Gasteiger partial charge in [-0.05, 0) is 113 Å². The molecule has 0 bridgehead atoms. The Morgan fingerprint density at radius 1 is 0.850 bits per heavy atom. The van der Waals surface area contributed by atoms with Crippen molar-refractivity contribution in [3.63, 3.8) is 0 Å². The number of H-pyrrole nitrogens is 1. The van der Waals surface area contributed by atoms with Gasteiger partial charge in [0.1, 0.15) is 6.04 Å². The van der Waals surface area contributed by atoms with Crippen LogP contribution in [0.2, 0.25) is 0 Å². The lowest BCUT2D eigenvalue weighted by molar-refractivity contribution is -0.153. The van der Waals surface area contributed by atoms with Gasteiger partial charge in [-0.1, -0.05) is 54.6 Å². The maximum absolute atomic E-state index is 14.5. The van der Waals surface area contributed by atoms with Gasteiger partial charge in [0.25, 0.3) is 5.56 Å². The number of aromatic amines is 1. The second-order valence-electron chi connectivity index (χ2n) is 17.6. The Balaban J connectivity index is 0.961. The summed E-state index contributed by atoms with van der Waals surface area (Å²) >= 11 is 0. The van der Waals surface area contributed by atoms with E-state index < -0.39 is 11.5 Å². The summed E-state index contributed by atoms with van der Waals surface area (Å²) in [6, 6.07) is 22.9. The van der Waals surface area contributed by atoms with E-state index in [9.17, 15) is 19.2 Å². The number of esters is 1. The zero-order valence-corrected chi connectivity index (χ0v) is 35.4. The minimum atomic E-state index is -0.829. The number of aromatic nitrogens is 3. The van der Waals surface area contributed by atoms with E-state index in [-0.39, 0.29) is 36.1 Å². The van der Waals surface area contributed by atoms with Crippen LogP contribution < -0.4 is 10.9 Å². The van der Waals surface area contributed by atoms with Gasteiger partial charge < -0.3 is 29.7 Å². The molecule has 316 valence electrons. The van der Waals surface area contributed by atoms with Crippen molar-refractivity contribution in [1.82, 2.24) is 39.7 Å². The molecule has 13 nitrogen and oxygen atoms in total. The minimum Gasteiger partial charge on any atom is -0.442 e. The third kappa shape index (κ3) is 8.83. The molecule has 3 amide bonds. The van der Waals surface area contributed by atoms with Gasteiger partial charge in [-0.2, -0.15) is 5.10 Å². The van der Waals surface area contributed by atoms with Crippen LogP contribution in [-0.2, 0) is 32.9 Å². The fraction of sp³-hybridized carbons (Fsp3) is 0.468. The smallest absolute Gasteiger partial charge is 0.318 e. The minimum absolute atomic E-state index is 0.0363. The molecule has 2 aromatic heterocycles. The molecule has 0 aliphatic carbocycles. The summed E-state index contributed by atoms with van der Waals surface area (Å²) in [6.07, 6.45) is 5.66. The molecule has 0 radical (unpaired) electrons. The Labute approximate surface area is 351 Å². The molecule has 3 fully saturated rings. The van der Waals surface area contributed by atoms with Gasteiger partial charge in [-0.15, -0.1) is 0 Å². The second-order valence-corrected chi connectivity index (χ2v) is 17.6. The number of nitrogens with zero attached hydrogens (tertiary/aromatic N) is 6. The first kappa shape index (κ1) is 41.2. The largest absolute Gasteiger partial charge is 0.442 e. The molecular formula is C47H58N8O5. The van der Waals surface area contributed by atoms with E-state index in [0.717, 1.165) is 83.1 Å². The molecular weight excluding hydrogens is 757 g/mol. The molecule has 2 N–H and O–H groups in total. The van der Waals surface area contributed by atoms with Crippen molar-refractivity contribution in [2.45, 2.75) is 83.0 Å². The number of carbonyl (C=O) groups is 3. The second kappa shape index (κ2) is 17.6. The molecule has 1 unspecified atom stereocenters. The van der Waals surface area contributed by atoms with Crippen LogP contribution in [0.1, 0.15) is 67.7 Å². The molecule has 3 aromatic carbocycles. The highest BCUT2D eigenvalue weighted by Crippen LogP contribution is 2.29. The van der Waals surface area contributed by atoms with Gasteiger partial charge >= 0.3 is 12.0 Å². The van der Waals surface area contributed by atoms with Gasteiger partial charge in [-0.3, -0.25) is 19.3 Å². The molecule has 3 saturated heterocycles. The summed E-state index contributed by atoms with van der Waals surface area (Å²) in [6.45, 7) is 11.7. The molecule has 8 rings (SSSR count). The Bertz CT molecular complexity index is 2390. The highest BCUT2D eigenvalue weighted by molar-refractivity contribution is 5.88. The van der Waals surface area contributed by atoms with Crippen molar-refractivity contribution < 1.29 is 19.1 Å². The van der Waals surface area contributed by atoms with E-state index >= 15 is 0 Å². The lowest BCUT2D eigenvalue weighted by Gasteiger charge is -2.43. The van der Waals surface area contributed by atoms with Crippen molar-refractivity contribution in [1.29, 1.82) is 0 Å². The number of ether oxygens (including phenoxy) is 1. The van der Waals surface area contributed by atoms with Crippen LogP contribution in [0.5, 0.6) is 0 Å². The Morgan fingerprint density at radius 2 is 1.55 bits per heavy atom.